The number of amides is 2. The van der Waals surface area contributed by atoms with E-state index >= 15 is 0 Å². The Labute approximate surface area is 138 Å². The normalized spacial score (nSPS) is 20.2. The minimum absolute atomic E-state index is 0.0804. The molecule has 0 aromatic carbocycles. The number of nitrogens with one attached hydrogen (secondary N) is 2. The average Bonchev–Trinajstić information content (AvgIpc) is 2.80. The first-order valence-corrected chi connectivity index (χ1v) is 8.65. The zero-order chi connectivity index (χ0) is 17.1. The number of unbranched alkanes of at least 4 members (excludes halogenated alkanes) is 2. The van der Waals surface area contributed by atoms with E-state index in [4.69, 9.17) is 4.74 Å². The molecule has 1 aliphatic heterocycles. The van der Waals surface area contributed by atoms with Crippen LogP contribution in [0.2, 0.25) is 0 Å². The molecule has 0 saturated carbocycles. The van der Waals surface area contributed by atoms with Gasteiger partial charge >= 0.3 is 6.03 Å². The Bertz CT molecular complexity index is 398. The number of ether oxygens (including phenoxy) is 1. The second kappa shape index (κ2) is 11.2. The van der Waals surface area contributed by atoms with Crippen molar-refractivity contribution in [3.05, 3.63) is 0 Å². The molecule has 2 amide bonds. The van der Waals surface area contributed by atoms with Gasteiger partial charge in [0.1, 0.15) is 11.6 Å². The largest absolute Gasteiger partial charge is 0.381 e. The van der Waals surface area contributed by atoms with Gasteiger partial charge in [-0.1, -0.05) is 12.8 Å². The van der Waals surface area contributed by atoms with Gasteiger partial charge < -0.3 is 15.4 Å². The van der Waals surface area contributed by atoms with Crippen molar-refractivity contribution in [1.29, 1.82) is 0 Å². The number of ketones is 2. The monoisotopic (exact) mass is 326 g/mol. The highest BCUT2D eigenvalue weighted by Gasteiger charge is 2.26. The van der Waals surface area contributed by atoms with Crippen LogP contribution in [-0.4, -0.2) is 42.9 Å². The van der Waals surface area contributed by atoms with Gasteiger partial charge in [0.2, 0.25) is 0 Å². The van der Waals surface area contributed by atoms with Crippen molar-refractivity contribution >= 4 is 17.6 Å². The highest BCUT2D eigenvalue weighted by molar-refractivity contribution is 5.78. The third kappa shape index (κ3) is 9.33. The fourth-order valence-electron chi connectivity index (χ4n) is 2.64. The average molecular weight is 326 g/mol. The molecule has 0 radical (unpaired) electrons. The molecule has 0 unspecified atom stereocenters. The van der Waals surface area contributed by atoms with Crippen molar-refractivity contribution in [3.8, 4) is 0 Å². The summed E-state index contributed by atoms with van der Waals surface area (Å²) in [5.41, 5.74) is 0. The molecule has 1 fully saturated rings. The summed E-state index contributed by atoms with van der Waals surface area (Å²) in [6, 6.07) is 0.320. The minimum Gasteiger partial charge on any atom is -0.381 e. The number of rotatable bonds is 13. The Morgan fingerprint density at radius 2 is 1.74 bits per heavy atom. The molecule has 0 aromatic rings. The lowest BCUT2D eigenvalue weighted by molar-refractivity contribution is -0.120. The van der Waals surface area contributed by atoms with E-state index in [2.05, 4.69) is 10.6 Å². The number of Topliss-reactive ketones (excluding diaryl/α,β-unsaturated/α-hetero) is 2. The lowest BCUT2D eigenvalue weighted by atomic mass is 10.0. The second-order valence-electron chi connectivity index (χ2n) is 6.32. The van der Waals surface area contributed by atoms with Gasteiger partial charge in [0.15, 0.2) is 0 Å². The van der Waals surface area contributed by atoms with Crippen LogP contribution < -0.4 is 10.6 Å². The van der Waals surface area contributed by atoms with E-state index < -0.39 is 0 Å². The summed E-state index contributed by atoms with van der Waals surface area (Å²) in [5, 5.41) is 5.74. The Hall–Kier alpha value is -1.43. The fraction of sp³-hybridized carbons (Fsp3) is 0.824. The summed E-state index contributed by atoms with van der Waals surface area (Å²) in [6.07, 6.45) is 6.26. The lowest BCUT2D eigenvalue weighted by Crippen LogP contribution is -2.30. The fourth-order valence-corrected chi connectivity index (χ4v) is 2.64. The summed E-state index contributed by atoms with van der Waals surface area (Å²) < 4.78 is 5.30. The Balaban J connectivity index is 1.90. The van der Waals surface area contributed by atoms with Crippen molar-refractivity contribution in [2.45, 2.75) is 77.3 Å². The molecule has 23 heavy (non-hydrogen) atoms. The quantitative estimate of drug-likeness (QED) is 0.509. The molecule has 2 atom stereocenters. The lowest BCUT2D eigenvalue weighted by Gasteiger charge is -2.13. The van der Waals surface area contributed by atoms with Gasteiger partial charge in [0.05, 0.1) is 12.6 Å². The molecule has 6 nitrogen and oxygen atoms in total. The van der Waals surface area contributed by atoms with Gasteiger partial charge in [-0.25, -0.2) is 4.79 Å². The first-order valence-electron chi connectivity index (χ1n) is 8.65. The molecule has 6 heteroatoms. The molecule has 0 bridgehead atoms. The molecule has 1 saturated heterocycles. The van der Waals surface area contributed by atoms with Crippen LogP contribution in [0.15, 0.2) is 0 Å². The number of hydrogen-bond acceptors (Lipinski definition) is 4. The molecule has 1 aliphatic rings. The van der Waals surface area contributed by atoms with E-state index in [1.807, 2.05) is 6.92 Å². The molecule has 1 rings (SSSR count). The third-order valence-electron chi connectivity index (χ3n) is 4.09. The van der Waals surface area contributed by atoms with Gasteiger partial charge in [-0.15, -0.1) is 0 Å². The summed E-state index contributed by atoms with van der Waals surface area (Å²) in [5.74, 6) is 0.410. The molecule has 2 N–H and O–H groups in total. The molecule has 132 valence electrons. The Kier molecular flexibility index (Phi) is 9.52. The molecular weight excluding hydrogens is 296 g/mol. The van der Waals surface area contributed by atoms with Gasteiger partial charge in [-0.05, 0) is 33.1 Å². The van der Waals surface area contributed by atoms with Crippen molar-refractivity contribution in [1.82, 2.24) is 10.6 Å². The van der Waals surface area contributed by atoms with Crippen LogP contribution >= 0.6 is 0 Å². The second-order valence-corrected chi connectivity index (χ2v) is 6.32. The van der Waals surface area contributed by atoms with Gasteiger partial charge in [-0.2, -0.15) is 0 Å². The number of hydrogen-bond donors (Lipinski definition) is 2. The van der Waals surface area contributed by atoms with Crippen molar-refractivity contribution in [2.24, 2.45) is 0 Å². The van der Waals surface area contributed by atoms with E-state index in [-0.39, 0.29) is 29.7 Å². The summed E-state index contributed by atoms with van der Waals surface area (Å²) in [4.78, 5) is 33.6. The van der Waals surface area contributed by atoms with Crippen molar-refractivity contribution < 1.29 is 19.1 Å². The highest BCUT2D eigenvalue weighted by atomic mass is 16.5. The number of carbonyl (C=O) groups excluding carboxylic acids is 3. The topological polar surface area (TPSA) is 84.5 Å². The number of carbonyl (C=O) groups is 3. The zero-order valence-electron chi connectivity index (χ0n) is 14.4. The van der Waals surface area contributed by atoms with Crippen LogP contribution in [0.1, 0.15) is 65.2 Å². The molecule has 1 heterocycles. The molecular formula is C17H30N2O4. The predicted octanol–water partition coefficient (Wildman–Crippen LogP) is 2.35. The van der Waals surface area contributed by atoms with Gasteiger partial charge in [0, 0.05) is 31.9 Å². The first-order chi connectivity index (χ1) is 11.0. The maximum Gasteiger partial charge on any atom is 0.315 e. The zero-order valence-corrected chi connectivity index (χ0v) is 14.4. The maximum absolute atomic E-state index is 11.7. The standard InChI is InChI=1S/C17H30N2O4/c1-13(20)10-12-23-11-6-8-15(21)7-4-3-5-9-16-14(2)18-17(22)19-16/h14,16H,3-12H2,1-2H3,(H2,18,19,22)/t14-,16+/m0/s1. The SMILES string of the molecule is CC(=O)CCOCCCC(=O)CCCCC[C@H]1NC(=O)N[C@H]1C. The van der Waals surface area contributed by atoms with Gasteiger partial charge in [0.25, 0.3) is 0 Å². The third-order valence-corrected chi connectivity index (χ3v) is 4.09. The Morgan fingerprint density at radius 3 is 2.39 bits per heavy atom. The predicted molar refractivity (Wildman–Crippen MR) is 88.4 cm³/mol. The van der Waals surface area contributed by atoms with Crippen molar-refractivity contribution in [2.75, 3.05) is 13.2 Å². The summed E-state index contributed by atoms with van der Waals surface area (Å²) in [6.45, 7) is 4.55. The number of urea groups is 1. The van der Waals surface area contributed by atoms with Crippen LogP contribution in [-0.2, 0) is 14.3 Å². The van der Waals surface area contributed by atoms with E-state index in [0.29, 0.717) is 32.5 Å². The Morgan fingerprint density at radius 1 is 1.00 bits per heavy atom. The van der Waals surface area contributed by atoms with E-state index in [9.17, 15) is 14.4 Å². The minimum atomic E-state index is -0.0804. The molecule has 0 spiro atoms. The smallest absolute Gasteiger partial charge is 0.315 e. The highest BCUT2D eigenvalue weighted by Crippen LogP contribution is 2.12. The van der Waals surface area contributed by atoms with E-state index in [1.54, 1.807) is 6.92 Å². The van der Waals surface area contributed by atoms with E-state index in [1.165, 1.54) is 0 Å². The van der Waals surface area contributed by atoms with Gasteiger partial charge in [-0.3, -0.25) is 9.59 Å². The van der Waals surface area contributed by atoms with E-state index in [0.717, 1.165) is 32.1 Å². The first kappa shape index (κ1) is 19.6. The van der Waals surface area contributed by atoms with Crippen LogP contribution in [0.4, 0.5) is 4.79 Å². The van der Waals surface area contributed by atoms with Crippen LogP contribution in [0.25, 0.3) is 0 Å². The van der Waals surface area contributed by atoms with Crippen LogP contribution in [0.3, 0.4) is 0 Å². The maximum atomic E-state index is 11.7. The van der Waals surface area contributed by atoms with Crippen LogP contribution in [0, 0.1) is 0 Å². The molecule has 0 aliphatic carbocycles. The van der Waals surface area contributed by atoms with Crippen LogP contribution in [0.5, 0.6) is 0 Å². The van der Waals surface area contributed by atoms with Crippen molar-refractivity contribution in [3.63, 3.8) is 0 Å². The summed E-state index contributed by atoms with van der Waals surface area (Å²) >= 11 is 0. The molecule has 0 aromatic heterocycles. The summed E-state index contributed by atoms with van der Waals surface area (Å²) in [7, 11) is 0.